The molecular formula is C13H24N2S. The number of rotatable bonds is 6. The van der Waals surface area contributed by atoms with Crippen molar-refractivity contribution < 1.29 is 0 Å². The number of hydrogen-bond donors (Lipinski definition) is 1. The molecule has 92 valence electrons. The maximum absolute atomic E-state index is 4.60. The number of likely N-dealkylation sites (N-methyl/N-ethyl adjacent to an activating group) is 1. The predicted molar refractivity (Wildman–Crippen MR) is 72.2 cm³/mol. The highest BCUT2D eigenvalue weighted by molar-refractivity contribution is 7.11. The summed E-state index contributed by atoms with van der Waals surface area (Å²) in [5.41, 5.74) is 1.19. The first-order chi connectivity index (χ1) is 7.52. The highest BCUT2D eigenvalue weighted by Gasteiger charge is 2.11. The summed E-state index contributed by atoms with van der Waals surface area (Å²) < 4.78 is 0. The molecule has 1 N–H and O–H groups in total. The van der Waals surface area contributed by atoms with E-state index >= 15 is 0 Å². The van der Waals surface area contributed by atoms with Crippen molar-refractivity contribution in [3.63, 3.8) is 0 Å². The molecule has 1 unspecified atom stereocenters. The van der Waals surface area contributed by atoms with Gasteiger partial charge in [-0.05, 0) is 39.7 Å². The Bertz CT molecular complexity index is 298. The molecule has 0 aliphatic heterocycles. The van der Waals surface area contributed by atoms with E-state index in [-0.39, 0.29) is 0 Å². The van der Waals surface area contributed by atoms with Crippen molar-refractivity contribution in [1.29, 1.82) is 0 Å². The van der Waals surface area contributed by atoms with Crippen molar-refractivity contribution in [2.75, 3.05) is 7.05 Å². The number of hydrogen-bond acceptors (Lipinski definition) is 3. The fraction of sp³-hybridized carbons (Fsp3) is 0.769. The van der Waals surface area contributed by atoms with Crippen molar-refractivity contribution in [2.24, 2.45) is 5.92 Å². The largest absolute Gasteiger partial charge is 0.317 e. The SMILES string of the molecule is CNC(CCC(C)C)Cc1nc(C)c(C)s1. The molecule has 1 aromatic heterocycles. The quantitative estimate of drug-likeness (QED) is 0.825. The lowest BCUT2D eigenvalue weighted by Gasteiger charge is -2.15. The van der Waals surface area contributed by atoms with Crippen LogP contribution < -0.4 is 5.32 Å². The molecule has 0 aliphatic rings. The first-order valence-electron chi connectivity index (χ1n) is 6.13. The van der Waals surface area contributed by atoms with Gasteiger partial charge < -0.3 is 5.32 Å². The lowest BCUT2D eigenvalue weighted by atomic mass is 10.0. The van der Waals surface area contributed by atoms with Crippen molar-refractivity contribution in [1.82, 2.24) is 10.3 Å². The van der Waals surface area contributed by atoms with Crippen molar-refractivity contribution in [3.8, 4) is 0 Å². The Kier molecular flexibility index (Phi) is 5.42. The fourth-order valence-corrected chi connectivity index (χ4v) is 2.73. The van der Waals surface area contributed by atoms with Gasteiger partial charge in [-0.15, -0.1) is 11.3 Å². The number of aromatic nitrogens is 1. The predicted octanol–water partition coefficient (Wildman–Crippen LogP) is 3.33. The number of thiazole rings is 1. The number of nitrogens with one attached hydrogen (secondary N) is 1. The van der Waals surface area contributed by atoms with E-state index in [1.54, 1.807) is 0 Å². The zero-order valence-corrected chi connectivity index (χ0v) is 11.9. The van der Waals surface area contributed by atoms with E-state index in [9.17, 15) is 0 Å². The summed E-state index contributed by atoms with van der Waals surface area (Å²) in [4.78, 5) is 5.96. The third-order valence-electron chi connectivity index (χ3n) is 2.99. The summed E-state index contributed by atoms with van der Waals surface area (Å²) in [6.07, 6.45) is 3.60. The zero-order chi connectivity index (χ0) is 12.1. The van der Waals surface area contributed by atoms with E-state index in [0.717, 1.165) is 12.3 Å². The minimum absolute atomic E-state index is 0.576. The Morgan fingerprint density at radius 2 is 1.94 bits per heavy atom. The molecule has 3 heteroatoms. The van der Waals surface area contributed by atoms with E-state index in [1.165, 1.54) is 28.4 Å². The van der Waals surface area contributed by atoms with Crippen LogP contribution in [-0.4, -0.2) is 18.1 Å². The highest BCUT2D eigenvalue weighted by Crippen LogP contribution is 2.19. The Hall–Kier alpha value is -0.410. The maximum atomic E-state index is 4.60. The summed E-state index contributed by atoms with van der Waals surface area (Å²) in [5, 5.41) is 4.68. The van der Waals surface area contributed by atoms with Crippen molar-refractivity contribution in [3.05, 3.63) is 15.6 Å². The molecule has 1 heterocycles. The van der Waals surface area contributed by atoms with E-state index in [1.807, 2.05) is 11.3 Å². The molecule has 16 heavy (non-hydrogen) atoms. The summed E-state index contributed by atoms with van der Waals surface area (Å²) in [5.74, 6) is 0.788. The Morgan fingerprint density at radius 1 is 1.25 bits per heavy atom. The standard InChI is InChI=1S/C13H24N2S/c1-9(2)6-7-12(14-5)8-13-15-10(3)11(4)16-13/h9,12,14H,6-8H2,1-5H3. The second-order valence-electron chi connectivity index (χ2n) is 4.91. The summed E-state index contributed by atoms with van der Waals surface area (Å²) in [7, 11) is 2.05. The van der Waals surface area contributed by atoms with E-state index in [4.69, 9.17) is 0 Å². The molecule has 0 amide bonds. The average Bonchev–Trinajstić information content (AvgIpc) is 2.52. The van der Waals surface area contributed by atoms with Crippen molar-refractivity contribution in [2.45, 2.75) is 53.0 Å². The molecule has 0 saturated heterocycles. The van der Waals surface area contributed by atoms with Crippen LogP contribution in [0.15, 0.2) is 0 Å². The van der Waals surface area contributed by atoms with Gasteiger partial charge in [0.05, 0.1) is 10.7 Å². The average molecular weight is 240 g/mol. The van der Waals surface area contributed by atoms with Crippen molar-refractivity contribution >= 4 is 11.3 Å². The van der Waals surface area contributed by atoms with Crippen LogP contribution in [0.4, 0.5) is 0 Å². The van der Waals surface area contributed by atoms with Crippen LogP contribution in [0.25, 0.3) is 0 Å². The van der Waals surface area contributed by atoms with Gasteiger partial charge >= 0.3 is 0 Å². The highest BCUT2D eigenvalue weighted by atomic mass is 32.1. The van der Waals surface area contributed by atoms with Gasteiger partial charge in [0.25, 0.3) is 0 Å². The van der Waals surface area contributed by atoms with Gasteiger partial charge in [-0.3, -0.25) is 0 Å². The summed E-state index contributed by atoms with van der Waals surface area (Å²) >= 11 is 1.84. The smallest absolute Gasteiger partial charge is 0.0946 e. The zero-order valence-electron chi connectivity index (χ0n) is 11.1. The monoisotopic (exact) mass is 240 g/mol. The minimum atomic E-state index is 0.576. The molecule has 1 rings (SSSR count). The topological polar surface area (TPSA) is 24.9 Å². The first kappa shape index (κ1) is 13.7. The van der Waals surface area contributed by atoms with Gasteiger partial charge in [-0.25, -0.2) is 4.98 Å². The molecular weight excluding hydrogens is 216 g/mol. The third kappa shape index (κ3) is 4.22. The second kappa shape index (κ2) is 6.36. The molecule has 0 aromatic carbocycles. The van der Waals surface area contributed by atoms with E-state index in [0.29, 0.717) is 6.04 Å². The molecule has 1 aromatic rings. The van der Waals surface area contributed by atoms with Gasteiger partial charge in [0.1, 0.15) is 0 Å². The van der Waals surface area contributed by atoms with Crippen LogP contribution in [0.2, 0.25) is 0 Å². The minimum Gasteiger partial charge on any atom is -0.317 e. The van der Waals surface area contributed by atoms with Gasteiger partial charge in [-0.2, -0.15) is 0 Å². The summed E-state index contributed by atoms with van der Waals surface area (Å²) in [6.45, 7) is 8.81. The van der Waals surface area contributed by atoms with Crippen LogP contribution in [-0.2, 0) is 6.42 Å². The molecule has 0 bridgehead atoms. The van der Waals surface area contributed by atoms with E-state index < -0.39 is 0 Å². The molecule has 2 nitrogen and oxygen atoms in total. The van der Waals surface area contributed by atoms with Gasteiger partial charge in [0.15, 0.2) is 0 Å². The first-order valence-corrected chi connectivity index (χ1v) is 6.94. The van der Waals surface area contributed by atoms with Gasteiger partial charge in [-0.1, -0.05) is 13.8 Å². The van der Waals surface area contributed by atoms with Crippen LogP contribution in [0.5, 0.6) is 0 Å². The Labute approximate surface area is 103 Å². The van der Waals surface area contributed by atoms with Crippen LogP contribution in [0.1, 0.15) is 42.3 Å². The summed E-state index contributed by atoms with van der Waals surface area (Å²) in [6, 6.07) is 0.576. The Morgan fingerprint density at radius 3 is 2.38 bits per heavy atom. The molecule has 0 saturated carbocycles. The normalized spacial score (nSPS) is 13.4. The molecule has 1 atom stereocenters. The van der Waals surface area contributed by atoms with E-state index in [2.05, 4.69) is 45.0 Å². The molecule has 0 radical (unpaired) electrons. The van der Waals surface area contributed by atoms with Gasteiger partial charge in [0.2, 0.25) is 0 Å². The molecule has 0 spiro atoms. The third-order valence-corrected chi connectivity index (χ3v) is 4.09. The molecule has 0 aliphatic carbocycles. The second-order valence-corrected chi connectivity index (χ2v) is 6.20. The van der Waals surface area contributed by atoms with Crippen LogP contribution >= 0.6 is 11.3 Å². The lowest BCUT2D eigenvalue weighted by molar-refractivity contribution is 0.450. The fourth-order valence-electron chi connectivity index (χ4n) is 1.72. The Balaban J connectivity index is 2.49. The van der Waals surface area contributed by atoms with Crippen LogP contribution in [0, 0.1) is 19.8 Å². The van der Waals surface area contributed by atoms with Gasteiger partial charge in [0, 0.05) is 17.3 Å². The lowest BCUT2D eigenvalue weighted by Crippen LogP contribution is -2.27. The number of aryl methyl sites for hydroxylation is 2. The molecule has 0 fully saturated rings. The van der Waals surface area contributed by atoms with Crippen LogP contribution in [0.3, 0.4) is 0 Å². The maximum Gasteiger partial charge on any atom is 0.0946 e. The number of nitrogens with zero attached hydrogens (tertiary/aromatic N) is 1.